The fourth-order valence-electron chi connectivity index (χ4n) is 2.52. The van der Waals surface area contributed by atoms with E-state index in [-0.39, 0.29) is 5.25 Å². The van der Waals surface area contributed by atoms with Crippen LogP contribution in [-0.4, -0.2) is 21.6 Å². The maximum absolute atomic E-state index is 12.4. The molecular weight excluding hydrogens is 356 g/mol. The molecule has 3 rings (SSSR count). The molecule has 0 spiro atoms. The topological polar surface area (TPSA) is 51.2 Å². The Labute approximate surface area is 154 Å². The Morgan fingerprint density at radius 2 is 1.96 bits per heavy atom. The fraction of sp³-hybridized carbons (Fsp3) is 0.211. The van der Waals surface area contributed by atoms with Gasteiger partial charge in [0.1, 0.15) is 5.75 Å². The predicted octanol–water partition coefficient (Wildman–Crippen LogP) is 5.16. The first-order chi connectivity index (χ1) is 12.0. The minimum atomic E-state index is -1.05. The summed E-state index contributed by atoms with van der Waals surface area (Å²) in [5.74, 6) is 0.603. The summed E-state index contributed by atoms with van der Waals surface area (Å²) in [5, 5.41) is 4.90. The Kier molecular flexibility index (Phi) is 5.25. The number of halogens is 1. The standard InChI is InChI=1S/C19H19ClN2O2S/c1-12(2)25(23)14-5-7-17-15(11-14)18(8-9-21-17)22-13-4-6-16(20)19(10-13)24-3/h4-12H,1-3H3,(H,21,22). The summed E-state index contributed by atoms with van der Waals surface area (Å²) in [6, 6.07) is 13.1. The van der Waals surface area contributed by atoms with Gasteiger partial charge in [0.05, 0.1) is 28.4 Å². The van der Waals surface area contributed by atoms with Crippen LogP contribution in [0, 0.1) is 0 Å². The summed E-state index contributed by atoms with van der Waals surface area (Å²) in [6.45, 7) is 3.89. The van der Waals surface area contributed by atoms with E-state index < -0.39 is 10.8 Å². The van der Waals surface area contributed by atoms with E-state index in [1.807, 2.05) is 50.2 Å². The second-order valence-electron chi connectivity index (χ2n) is 5.86. The molecule has 1 atom stereocenters. The van der Waals surface area contributed by atoms with Gasteiger partial charge in [-0.25, -0.2) is 0 Å². The van der Waals surface area contributed by atoms with Crippen LogP contribution in [0.5, 0.6) is 5.75 Å². The van der Waals surface area contributed by atoms with E-state index in [4.69, 9.17) is 16.3 Å². The maximum atomic E-state index is 12.4. The summed E-state index contributed by atoms with van der Waals surface area (Å²) in [7, 11) is 0.537. The second kappa shape index (κ2) is 7.42. The smallest absolute Gasteiger partial charge is 0.139 e. The molecule has 0 aliphatic rings. The van der Waals surface area contributed by atoms with E-state index >= 15 is 0 Å². The molecule has 4 nitrogen and oxygen atoms in total. The van der Waals surface area contributed by atoms with Gasteiger partial charge in [0.15, 0.2) is 0 Å². The van der Waals surface area contributed by atoms with E-state index in [9.17, 15) is 4.21 Å². The molecule has 0 amide bonds. The van der Waals surface area contributed by atoms with E-state index in [0.717, 1.165) is 27.2 Å². The third-order valence-corrected chi connectivity index (χ3v) is 5.69. The number of anilines is 2. The van der Waals surface area contributed by atoms with Gasteiger partial charge < -0.3 is 10.1 Å². The van der Waals surface area contributed by atoms with E-state index in [1.165, 1.54) is 0 Å². The number of rotatable bonds is 5. The molecule has 1 N–H and O–H groups in total. The normalized spacial score (nSPS) is 12.4. The van der Waals surface area contributed by atoms with Crippen LogP contribution in [0.4, 0.5) is 11.4 Å². The van der Waals surface area contributed by atoms with Crippen LogP contribution in [0.2, 0.25) is 5.02 Å². The molecule has 0 saturated heterocycles. The predicted molar refractivity (Wildman–Crippen MR) is 105 cm³/mol. The Hall–Kier alpha value is -2.11. The largest absolute Gasteiger partial charge is 0.495 e. The highest BCUT2D eigenvalue weighted by atomic mass is 35.5. The SMILES string of the molecule is COc1cc(Nc2ccnc3ccc(S(=O)C(C)C)cc23)ccc1Cl. The van der Waals surface area contributed by atoms with Gasteiger partial charge in [-0.2, -0.15) is 0 Å². The van der Waals surface area contributed by atoms with Crippen molar-refractivity contribution >= 4 is 44.7 Å². The average molecular weight is 375 g/mol. The number of benzene rings is 2. The van der Waals surface area contributed by atoms with Crippen LogP contribution in [0.3, 0.4) is 0 Å². The lowest BCUT2D eigenvalue weighted by Gasteiger charge is -2.13. The highest BCUT2D eigenvalue weighted by Gasteiger charge is 2.11. The zero-order valence-electron chi connectivity index (χ0n) is 14.2. The molecule has 6 heteroatoms. The van der Waals surface area contributed by atoms with Gasteiger partial charge in [0.25, 0.3) is 0 Å². The minimum absolute atomic E-state index is 0.0612. The average Bonchev–Trinajstić information content (AvgIpc) is 2.62. The van der Waals surface area contributed by atoms with Gasteiger partial charge >= 0.3 is 0 Å². The highest BCUT2D eigenvalue weighted by Crippen LogP contribution is 2.31. The summed E-state index contributed by atoms with van der Waals surface area (Å²) in [5.41, 5.74) is 2.58. The van der Waals surface area contributed by atoms with Crippen LogP contribution in [0.15, 0.2) is 53.6 Å². The second-order valence-corrected chi connectivity index (χ2v) is 8.27. The van der Waals surface area contributed by atoms with Crippen molar-refractivity contribution in [3.8, 4) is 5.75 Å². The third-order valence-electron chi connectivity index (χ3n) is 3.80. The van der Waals surface area contributed by atoms with Crippen LogP contribution in [0.1, 0.15) is 13.8 Å². The number of hydrogen-bond donors (Lipinski definition) is 1. The van der Waals surface area contributed by atoms with E-state index in [1.54, 1.807) is 19.4 Å². The molecule has 0 saturated carbocycles. The van der Waals surface area contributed by atoms with Crippen molar-refractivity contribution in [2.75, 3.05) is 12.4 Å². The van der Waals surface area contributed by atoms with Crippen molar-refractivity contribution in [3.05, 3.63) is 53.7 Å². The minimum Gasteiger partial charge on any atom is -0.495 e. The molecule has 0 fully saturated rings. The van der Waals surface area contributed by atoms with Gasteiger partial charge in [0.2, 0.25) is 0 Å². The maximum Gasteiger partial charge on any atom is 0.139 e. The number of fused-ring (bicyclic) bond motifs is 1. The Bertz CT molecular complexity index is 944. The lowest BCUT2D eigenvalue weighted by atomic mass is 10.2. The molecule has 130 valence electrons. The molecule has 3 aromatic rings. The highest BCUT2D eigenvalue weighted by molar-refractivity contribution is 7.85. The van der Waals surface area contributed by atoms with Crippen molar-refractivity contribution < 1.29 is 8.95 Å². The zero-order valence-corrected chi connectivity index (χ0v) is 15.8. The van der Waals surface area contributed by atoms with Gasteiger partial charge in [-0.1, -0.05) is 25.4 Å². The Balaban J connectivity index is 2.03. The molecule has 1 unspecified atom stereocenters. The monoisotopic (exact) mass is 374 g/mol. The van der Waals surface area contributed by atoms with Crippen molar-refractivity contribution in [1.29, 1.82) is 0 Å². The van der Waals surface area contributed by atoms with Gasteiger partial charge in [-0.05, 0) is 36.4 Å². The molecule has 2 aromatic carbocycles. The quantitative estimate of drug-likeness (QED) is 0.670. The van der Waals surface area contributed by atoms with Crippen molar-refractivity contribution in [1.82, 2.24) is 4.98 Å². The van der Waals surface area contributed by atoms with Gasteiger partial charge in [-0.15, -0.1) is 0 Å². The van der Waals surface area contributed by atoms with Crippen molar-refractivity contribution in [3.63, 3.8) is 0 Å². The number of nitrogens with zero attached hydrogens (tertiary/aromatic N) is 1. The summed E-state index contributed by atoms with van der Waals surface area (Å²) in [6.07, 6.45) is 1.75. The first kappa shape index (κ1) is 17.7. The van der Waals surface area contributed by atoms with Crippen molar-refractivity contribution in [2.24, 2.45) is 0 Å². The summed E-state index contributed by atoms with van der Waals surface area (Å²) in [4.78, 5) is 5.19. The molecular formula is C19H19ClN2O2S. The van der Waals surface area contributed by atoms with E-state index in [0.29, 0.717) is 10.8 Å². The summed E-state index contributed by atoms with van der Waals surface area (Å²) >= 11 is 6.08. The number of pyridine rings is 1. The molecule has 0 radical (unpaired) electrons. The first-order valence-electron chi connectivity index (χ1n) is 7.89. The van der Waals surface area contributed by atoms with E-state index in [2.05, 4.69) is 10.3 Å². The molecule has 1 aromatic heterocycles. The number of ether oxygens (including phenoxy) is 1. The van der Waals surface area contributed by atoms with Crippen LogP contribution < -0.4 is 10.1 Å². The number of hydrogen-bond acceptors (Lipinski definition) is 4. The first-order valence-corrected chi connectivity index (χ1v) is 9.48. The van der Waals surface area contributed by atoms with Crippen LogP contribution >= 0.6 is 11.6 Å². The molecule has 25 heavy (non-hydrogen) atoms. The van der Waals surface area contributed by atoms with Gasteiger partial charge in [0, 0.05) is 39.2 Å². The molecule has 0 aliphatic carbocycles. The fourth-order valence-corrected chi connectivity index (χ4v) is 3.70. The van der Waals surface area contributed by atoms with Crippen molar-refractivity contribution in [2.45, 2.75) is 24.0 Å². The molecule has 0 aliphatic heterocycles. The number of nitrogens with one attached hydrogen (secondary N) is 1. The molecule has 1 heterocycles. The molecule has 0 bridgehead atoms. The summed E-state index contributed by atoms with van der Waals surface area (Å²) < 4.78 is 17.7. The Morgan fingerprint density at radius 1 is 1.16 bits per heavy atom. The lowest BCUT2D eigenvalue weighted by molar-refractivity contribution is 0.415. The zero-order chi connectivity index (χ0) is 18.0. The number of aromatic nitrogens is 1. The van der Waals surface area contributed by atoms with Crippen LogP contribution in [-0.2, 0) is 10.8 Å². The Morgan fingerprint density at radius 3 is 2.68 bits per heavy atom. The third kappa shape index (κ3) is 3.78. The number of methoxy groups -OCH3 is 1. The van der Waals surface area contributed by atoms with Crippen LogP contribution in [0.25, 0.3) is 10.9 Å². The lowest BCUT2D eigenvalue weighted by Crippen LogP contribution is -2.05. The van der Waals surface area contributed by atoms with Gasteiger partial charge in [-0.3, -0.25) is 9.19 Å².